The molecule has 2 bridgehead atoms. The molecule has 5 fully saturated rings. The molecular formula is C21H26O5S. The highest BCUT2D eigenvalue weighted by Crippen LogP contribution is 2.63. The Morgan fingerprint density at radius 3 is 2.63 bits per heavy atom. The molecule has 4 aliphatic heterocycles. The van der Waals surface area contributed by atoms with Crippen LogP contribution in [-0.2, 0) is 24.0 Å². The van der Waals surface area contributed by atoms with Crippen LogP contribution in [0.5, 0.6) is 0 Å². The Kier molecular flexibility index (Phi) is 3.97. The Balaban J connectivity index is 1.60. The Morgan fingerprint density at radius 1 is 1.07 bits per heavy atom. The van der Waals surface area contributed by atoms with Crippen molar-refractivity contribution in [1.82, 2.24) is 0 Å². The third-order valence-corrected chi connectivity index (χ3v) is 8.46. The maximum Gasteiger partial charge on any atom is 0.325 e. The van der Waals surface area contributed by atoms with Gasteiger partial charge in [-0.1, -0.05) is 25.1 Å². The third-order valence-electron chi connectivity index (χ3n) is 7.08. The summed E-state index contributed by atoms with van der Waals surface area (Å²) in [4.78, 5) is 26.3. The molecular weight excluding hydrogens is 364 g/mol. The van der Waals surface area contributed by atoms with Crippen molar-refractivity contribution in [2.75, 3.05) is 0 Å². The van der Waals surface area contributed by atoms with Gasteiger partial charge in [-0.05, 0) is 51.2 Å². The zero-order valence-electron chi connectivity index (χ0n) is 16.0. The van der Waals surface area contributed by atoms with Crippen LogP contribution >= 0.6 is 11.8 Å². The van der Waals surface area contributed by atoms with Crippen molar-refractivity contribution in [3.05, 3.63) is 30.3 Å². The lowest BCUT2D eigenvalue weighted by Gasteiger charge is -2.60. The summed E-state index contributed by atoms with van der Waals surface area (Å²) in [6.07, 6.45) is 2.96. The van der Waals surface area contributed by atoms with Gasteiger partial charge in [-0.15, -0.1) is 11.8 Å². The largest absolute Gasteiger partial charge is 0.431 e. The quantitative estimate of drug-likeness (QED) is 0.554. The van der Waals surface area contributed by atoms with E-state index in [-0.39, 0.29) is 17.8 Å². The number of rotatable bonds is 2. The number of carbonyl (C=O) groups is 1. The van der Waals surface area contributed by atoms with Gasteiger partial charge in [-0.3, -0.25) is 4.79 Å². The zero-order chi connectivity index (χ0) is 18.9. The number of hydrogen-bond acceptors (Lipinski definition) is 6. The van der Waals surface area contributed by atoms with E-state index in [4.69, 9.17) is 19.2 Å². The Hall–Kier alpha value is -1.08. The van der Waals surface area contributed by atoms with Crippen LogP contribution in [0.2, 0.25) is 0 Å². The molecule has 7 atom stereocenters. The van der Waals surface area contributed by atoms with Gasteiger partial charge in [0.2, 0.25) is 12.1 Å². The molecule has 27 heavy (non-hydrogen) atoms. The normalized spacial score (nSPS) is 48.5. The van der Waals surface area contributed by atoms with E-state index in [0.717, 1.165) is 30.6 Å². The number of hydrogen-bond donors (Lipinski definition) is 0. The third kappa shape index (κ3) is 2.46. The van der Waals surface area contributed by atoms with Gasteiger partial charge >= 0.3 is 5.97 Å². The molecule has 1 aromatic carbocycles. The van der Waals surface area contributed by atoms with Crippen LogP contribution in [0.1, 0.15) is 46.5 Å². The highest BCUT2D eigenvalue weighted by molar-refractivity contribution is 8.01. The molecule has 2 unspecified atom stereocenters. The van der Waals surface area contributed by atoms with E-state index in [1.807, 2.05) is 44.2 Å². The average molecular weight is 391 g/mol. The maximum atomic E-state index is 13.2. The minimum Gasteiger partial charge on any atom is -0.431 e. The van der Waals surface area contributed by atoms with E-state index < -0.39 is 22.4 Å². The highest BCUT2D eigenvalue weighted by atomic mass is 32.2. The van der Waals surface area contributed by atoms with Crippen molar-refractivity contribution >= 4 is 17.7 Å². The first-order valence-corrected chi connectivity index (χ1v) is 10.7. The fourth-order valence-electron chi connectivity index (χ4n) is 5.61. The Bertz CT molecular complexity index is 756. The molecule has 1 saturated carbocycles. The van der Waals surface area contributed by atoms with Gasteiger partial charge in [0, 0.05) is 23.2 Å². The van der Waals surface area contributed by atoms with E-state index >= 15 is 0 Å². The molecule has 146 valence electrons. The van der Waals surface area contributed by atoms with E-state index in [1.165, 1.54) is 0 Å². The van der Waals surface area contributed by atoms with Crippen LogP contribution in [0.25, 0.3) is 0 Å². The van der Waals surface area contributed by atoms with Gasteiger partial charge < -0.3 is 9.47 Å². The van der Waals surface area contributed by atoms with Gasteiger partial charge in [0.05, 0.1) is 0 Å². The van der Waals surface area contributed by atoms with Gasteiger partial charge in [0.25, 0.3) is 0 Å². The fourth-order valence-corrected chi connectivity index (χ4v) is 6.97. The number of carbonyl (C=O) groups excluding carboxylic acids is 1. The second kappa shape index (κ2) is 5.96. The molecule has 1 aliphatic carbocycles. The molecule has 0 radical (unpaired) electrons. The van der Waals surface area contributed by atoms with Crippen molar-refractivity contribution in [3.63, 3.8) is 0 Å². The smallest absolute Gasteiger partial charge is 0.325 e. The first-order valence-electron chi connectivity index (χ1n) is 9.87. The lowest BCUT2D eigenvalue weighted by atomic mass is 9.58. The number of benzene rings is 1. The summed E-state index contributed by atoms with van der Waals surface area (Å²) in [5.74, 6) is -0.387. The molecule has 1 spiro atoms. The van der Waals surface area contributed by atoms with E-state index in [9.17, 15) is 4.79 Å². The van der Waals surface area contributed by atoms with Gasteiger partial charge in [-0.25, -0.2) is 9.78 Å². The first kappa shape index (κ1) is 18.0. The Labute approximate surface area is 164 Å². The molecule has 1 aromatic rings. The maximum absolute atomic E-state index is 13.2. The van der Waals surface area contributed by atoms with Crippen molar-refractivity contribution in [2.45, 2.75) is 73.8 Å². The summed E-state index contributed by atoms with van der Waals surface area (Å²) < 4.78 is 11.4. The summed E-state index contributed by atoms with van der Waals surface area (Å²) in [6.45, 7) is 6.14. The summed E-state index contributed by atoms with van der Waals surface area (Å²) in [5.41, 5.74) is -0.738. The number of ether oxygens (including phenoxy) is 2. The second-order valence-electron chi connectivity index (χ2n) is 8.78. The topological polar surface area (TPSA) is 54.0 Å². The molecule has 0 N–H and O–H groups in total. The van der Waals surface area contributed by atoms with Crippen LogP contribution in [0.4, 0.5) is 0 Å². The number of fused-ring (bicyclic) bond motifs is 2. The zero-order valence-corrected chi connectivity index (χ0v) is 16.8. The summed E-state index contributed by atoms with van der Waals surface area (Å²) >= 11 is 1.57. The summed E-state index contributed by atoms with van der Waals surface area (Å²) in [7, 11) is 0. The highest BCUT2D eigenvalue weighted by Gasteiger charge is 2.73. The molecule has 5 aliphatic rings. The Morgan fingerprint density at radius 2 is 1.85 bits per heavy atom. The van der Waals surface area contributed by atoms with Crippen molar-refractivity contribution in [1.29, 1.82) is 0 Å². The molecule has 0 amide bonds. The SMILES string of the molecule is C[C@@H]1CC[C@@H]2C34OOC(C)(CC[C@@H]13)O[C@H]4OC(=O)[C@]2(C)Sc1ccccc1. The van der Waals surface area contributed by atoms with Crippen molar-refractivity contribution in [2.24, 2.45) is 17.8 Å². The predicted molar refractivity (Wildman–Crippen MR) is 99.6 cm³/mol. The van der Waals surface area contributed by atoms with E-state index in [2.05, 4.69) is 6.92 Å². The molecule has 4 heterocycles. The average Bonchev–Trinajstić information content (AvgIpc) is 2.87. The van der Waals surface area contributed by atoms with Crippen LogP contribution < -0.4 is 0 Å². The lowest BCUT2D eigenvalue weighted by Crippen LogP contribution is -2.73. The van der Waals surface area contributed by atoms with Gasteiger partial charge in [0.1, 0.15) is 4.75 Å². The minimum absolute atomic E-state index is 0.0368. The van der Waals surface area contributed by atoms with Crippen LogP contribution in [0.15, 0.2) is 35.2 Å². The number of thioether (sulfide) groups is 1. The lowest BCUT2D eigenvalue weighted by molar-refractivity contribution is -0.558. The van der Waals surface area contributed by atoms with Gasteiger partial charge in [-0.2, -0.15) is 0 Å². The monoisotopic (exact) mass is 390 g/mol. The molecule has 5 nitrogen and oxygen atoms in total. The first-order chi connectivity index (χ1) is 12.9. The standard InChI is InChI=1S/C21H26O5S/c1-13-9-10-16-20(3,27-14-7-5-4-6-8-14)17(22)23-18-21(16)15(13)11-12-19(2,24-18)25-26-21/h4-8,13,15-16,18H,9-12H2,1-3H3/t13-,15+,16+,18-,19?,20-,21?/m1/s1. The predicted octanol–water partition coefficient (Wildman–Crippen LogP) is 4.31. The van der Waals surface area contributed by atoms with Crippen LogP contribution in [-0.4, -0.2) is 28.4 Å². The van der Waals surface area contributed by atoms with E-state index in [1.54, 1.807) is 11.8 Å². The summed E-state index contributed by atoms with van der Waals surface area (Å²) in [6, 6.07) is 10.0. The van der Waals surface area contributed by atoms with Crippen molar-refractivity contribution < 1.29 is 24.0 Å². The molecule has 6 heteroatoms. The fraction of sp³-hybridized carbons (Fsp3) is 0.667. The minimum atomic E-state index is -0.849. The number of esters is 1. The van der Waals surface area contributed by atoms with Crippen LogP contribution in [0, 0.1) is 17.8 Å². The molecule has 0 aromatic heterocycles. The van der Waals surface area contributed by atoms with E-state index in [0.29, 0.717) is 5.92 Å². The van der Waals surface area contributed by atoms with Crippen LogP contribution in [0.3, 0.4) is 0 Å². The van der Waals surface area contributed by atoms with Crippen molar-refractivity contribution in [3.8, 4) is 0 Å². The molecule has 4 saturated heterocycles. The van der Waals surface area contributed by atoms with Gasteiger partial charge in [0.15, 0.2) is 5.60 Å². The molecule has 6 rings (SSSR count). The second-order valence-corrected chi connectivity index (χ2v) is 10.3. The summed E-state index contributed by atoms with van der Waals surface area (Å²) in [5, 5.41) is 0.